The molecule has 0 aliphatic carbocycles. The van der Waals surface area contributed by atoms with Crippen LogP contribution in [0.1, 0.15) is 9.67 Å². The van der Waals surface area contributed by atoms with E-state index in [1.807, 2.05) is 11.4 Å². The molecule has 0 unspecified atom stereocenters. The molecule has 0 aliphatic heterocycles. The van der Waals surface area contributed by atoms with E-state index in [0.29, 0.717) is 32.2 Å². The van der Waals surface area contributed by atoms with Crippen LogP contribution in [0.25, 0.3) is 0 Å². The minimum atomic E-state index is -0.212. The topological polar surface area (TPSA) is 66.9 Å². The number of hydrogen-bond acceptors (Lipinski definition) is 5. The predicted octanol–water partition coefficient (Wildman–Crippen LogP) is 4.84. The van der Waals surface area contributed by atoms with Crippen molar-refractivity contribution in [3.05, 3.63) is 62.8 Å². The van der Waals surface area contributed by atoms with Crippen molar-refractivity contribution in [1.29, 1.82) is 0 Å². The molecule has 3 aromatic rings. The van der Waals surface area contributed by atoms with Crippen molar-refractivity contribution < 1.29 is 4.79 Å². The average molecular weight is 365 g/mol. The van der Waals surface area contributed by atoms with Crippen LogP contribution >= 0.6 is 34.5 Å². The molecule has 3 rings (SSSR count). The summed E-state index contributed by atoms with van der Waals surface area (Å²) < 4.78 is 0. The summed E-state index contributed by atoms with van der Waals surface area (Å²) in [5.74, 6) is 0.662. The van der Waals surface area contributed by atoms with Gasteiger partial charge in [-0.1, -0.05) is 29.3 Å². The van der Waals surface area contributed by atoms with Crippen LogP contribution in [0.4, 0.5) is 17.3 Å². The van der Waals surface area contributed by atoms with Gasteiger partial charge in [-0.2, -0.15) is 0 Å². The highest BCUT2D eigenvalue weighted by atomic mass is 35.5. The second-order valence-electron chi connectivity index (χ2n) is 4.48. The molecular formula is C15H10Cl2N4OS. The Morgan fingerprint density at radius 3 is 2.48 bits per heavy atom. The van der Waals surface area contributed by atoms with Crippen molar-refractivity contribution >= 4 is 57.8 Å². The fourth-order valence-electron chi connectivity index (χ4n) is 1.78. The molecule has 0 bridgehead atoms. The van der Waals surface area contributed by atoms with Gasteiger partial charge >= 0.3 is 0 Å². The van der Waals surface area contributed by atoms with Gasteiger partial charge in [0.05, 0.1) is 15.6 Å². The maximum atomic E-state index is 11.9. The van der Waals surface area contributed by atoms with Crippen LogP contribution in [0.2, 0.25) is 10.0 Å². The number of nitrogens with one attached hydrogen (secondary N) is 2. The third-order valence-electron chi connectivity index (χ3n) is 2.84. The fraction of sp³-hybridized carbons (Fsp3) is 0. The molecule has 1 amide bonds. The van der Waals surface area contributed by atoms with Gasteiger partial charge in [0.15, 0.2) is 11.6 Å². The summed E-state index contributed by atoms with van der Waals surface area (Å²) in [5.41, 5.74) is 0.667. The zero-order valence-electron chi connectivity index (χ0n) is 11.6. The van der Waals surface area contributed by atoms with Crippen LogP contribution in [0.15, 0.2) is 47.8 Å². The van der Waals surface area contributed by atoms with Crippen molar-refractivity contribution in [1.82, 2.24) is 10.2 Å². The van der Waals surface area contributed by atoms with E-state index in [0.717, 1.165) is 0 Å². The van der Waals surface area contributed by atoms with E-state index in [-0.39, 0.29) is 5.91 Å². The minimum absolute atomic E-state index is 0.212. The van der Waals surface area contributed by atoms with E-state index in [9.17, 15) is 4.79 Å². The van der Waals surface area contributed by atoms with Crippen molar-refractivity contribution in [2.24, 2.45) is 0 Å². The Labute approximate surface area is 146 Å². The molecule has 0 fully saturated rings. The lowest BCUT2D eigenvalue weighted by atomic mass is 10.3. The van der Waals surface area contributed by atoms with E-state index >= 15 is 0 Å². The molecule has 2 N–H and O–H groups in total. The van der Waals surface area contributed by atoms with Gasteiger partial charge in [0, 0.05) is 5.02 Å². The second kappa shape index (κ2) is 6.95. The zero-order chi connectivity index (χ0) is 16.2. The number of nitrogens with zero attached hydrogens (tertiary/aromatic N) is 2. The zero-order valence-corrected chi connectivity index (χ0v) is 13.9. The van der Waals surface area contributed by atoms with Gasteiger partial charge in [-0.3, -0.25) is 4.79 Å². The summed E-state index contributed by atoms with van der Waals surface area (Å²) in [6, 6.07) is 12.0. The van der Waals surface area contributed by atoms with E-state index < -0.39 is 0 Å². The summed E-state index contributed by atoms with van der Waals surface area (Å²) >= 11 is 13.3. The highest BCUT2D eigenvalue weighted by Gasteiger charge is 2.08. The highest BCUT2D eigenvalue weighted by Crippen LogP contribution is 2.27. The summed E-state index contributed by atoms with van der Waals surface area (Å²) in [4.78, 5) is 12.5. The number of anilines is 3. The van der Waals surface area contributed by atoms with Gasteiger partial charge in [0.2, 0.25) is 0 Å². The Morgan fingerprint density at radius 2 is 1.83 bits per heavy atom. The molecular weight excluding hydrogens is 355 g/mol. The van der Waals surface area contributed by atoms with Gasteiger partial charge in [0.1, 0.15) is 0 Å². The highest BCUT2D eigenvalue weighted by molar-refractivity contribution is 7.12. The van der Waals surface area contributed by atoms with Crippen molar-refractivity contribution in [3.8, 4) is 0 Å². The first-order valence-corrected chi connectivity index (χ1v) is 8.16. The molecule has 0 radical (unpaired) electrons. The summed E-state index contributed by atoms with van der Waals surface area (Å²) in [7, 11) is 0. The standard InChI is InChI=1S/C15H10Cl2N4OS/c16-9-3-4-11(10(17)8-9)18-13-5-6-14(21-20-13)19-15(22)12-2-1-7-23-12/h1-8H,(H,18,20)(H,19,21,22). The van der Waals surface area contributed by atoms with Gasteiger partial charge in [-0.15, -0.1) is 21.5 Å². The number of amides is 1. The van der Waals surface area contributed by atoms with E-state index in [2.05, 4.69) is 20.8 Å². The molecule has 2 heterocycles. The largest absolute Gasteiger partial charge is 0.338 e. The first kappa shape index (κ1) is 15.7. The monoisotopic (exact) mass is 364 g/mol. The molecule has 116 valence electrons. The Morgan fingerprint density at radius 1 is 1.04 bits per heavy atom. The lowest BCUT2D eigenvalue weighted by molar-refractivity contribution is 0.103. The number of carbonyl (C=O) groups excluding carboxylic acids is 1. The van der Waals surface area contributed by atoms with Crippen LogP contribution in [-0.2, 0) is 0 Å². The molecule has 2 aromatic heterocycles. The maximum absolute atomic E-state index is 11.9. The minimum Gasteiger partial charge on any atom is -0.338 e. The third kappa shape index (κ3) is 3.98. The Kier molecular flexibility index (Phi) is 4.76. The van der Waals surface area contributed by atoms with E-state index in [1.165, 1.54) is 11.3 Å². The van der Waals surface area contributed by atoms with Gasteiger partial charge in [-0.25, -0.2) is 0 Å². The molecule has 8 heteroatoms. The Balaban J connectivity index is 1.68. The van der Waals surface area contributed by atoms with Crippen LogP contribution in [0, 0.1) is 0 Å². The van der Waals surface area contributed by atoms with Crippen LogP contribution in [-0.4, -0.2) is 16.1 Å². The number of halogens is 2. The first-order chi connectivity index (χ1) is 11.1. The smallest absolute Gasteiger partial charge is 0.266 e. The van der Waals surface area contributed by atoms with Crippen molar-refractivity contribution in [3.63, 3.8) is 0 Å². The lowest BCUT2D eigenvalue weighted by Crippen LogP contribution is -2.12. The van der Waals surface area contributed by atoms with E-state index in [1.54, 1.807) is 36.4 Å². The Hall–Kier alpha value is -2.15. The van der Waals surface area contributed by atoms with Gasteiger partial charge in [-0.05, 0) is 41.8 Å². The number of thiophene rings is 1. The van der Waals surface area contributed by atoms with E-state index in [4.69, 9.17) is 23.2 Å². The molecule has 5 nitrogen and oxygen atoms in total. The first-order valence-electron chi connectivity index (χ1n) is 6.52. The van der Waals surface area contributed by atoms with Gasteiger partial charge < -0.3 is 10.6 Å². The van der Waals surface area contributed by atoms with Crippen molar-refractivity contribution in [2.75, 3.05) is 10.6 Å². The quantitative estimate of drug-likeness (QED) is 0.694. The molecule has 23 heavy (non-hydrogen) atoms. The average Bonchev–Trinajstić information content (AvgIpc) is 3.06. The molecule has 0 spiro atoms. The van der Waals surface area contributed by atoms with Crippen LogP contribution < -0.4 is 10.6 Å². The van der Waals surface area contributed by atoms with Crippen molar-refractivity contribution in [2.45, 2.75) is 0 Å². The van der Waals surface area contributed by atoms with Gasteiger partial charge in [0.25, 0.3) is 5.91 Å². The second-order valence-corrected chi connectivity index (χ2v) is 6.28. The number of carbonyl (C=O) groups is 1. The molecule has 0 saturated heterocycles. The predicted molar refractivity (Wildman–Crippen MR) is 94.0 cm³/mol. The molecule has 0 atom stereocenters. The third-order valence-corrected chi connectivity index (χ3v) is 4.26. The molecule has 1 aromatic carbocycles. The summed E-state index contributed by atoms with van der Waals surface area (Å²) in [6.45, 7) is 0. The fourth-order valence-corrected chi connectivity index (χ4v) is 2.85. The van der Waals surface area contributed by atoms with Crippen LogP contribution in [0.3, 0.4) is 0 Å². The molecule has 0 saturated carbocycles. The number of aromatic nitrogens is 2. The SMILES string of the molecule is O=C(Nc1ccc(Nc2ccc(Cl)cc2Cl)nn1)c1cccs1. The summed E-state index contributed by atoms with van der Waals surface area (Å²) in [5, 5.41) is 16.6. The number of rotatable bonds is 4. The lowest BCUT2D eigenvalue weighted by Gasteiger charge is -2.08. The number of benzene rings is 1. The Bertz CT molecular complexity index is 822. The molecule has 0 aliphatic rings. The normalized spacial score (nSPS) is 10.3. The summed E-state index contributed by atoms with van der Waals surface area (Å²) in [6.07, 6.45) is 0. The number of hydrogen-bond donors (Lipinski definition) is 2. The maximum Gasteiger partial charge on any atom is 0.266 e. The van der Waals surface area contributed by atoms with Crippen LogP contribution in [0.5, 0.6) is 0 Å².